The van der Waals surface area contributed by atoms with Crippen molar-refractivity contribution in [2.24, 2.45) is 0 Å². The van der Waals surface area contributed by atoms with Crippen LogP contribution in [0.3, 0.4) is 0 Å². The molecule has 0 amide bonds. The van der Waals surface area contributed by atoms with E-state index in [2.05, 4.69) is 133 Å². The minimum atomic E-state index is -0.675. The Morgan fingerprint density at radius 1 is 0.788 bits per heavy atom. The van der Waals surface area contributed by atoms with Crippen LogP contribution < -0.4 is 9.13 Å². The van der Waals surface area contributed by atoms with E-state index < -0.39 is 5.91 Å². The highest BCUT2D eigenvalue weighted by atomic mass is 15.6. The van der Waals surface area contributed by atoms with Crippen LogP contribution in [0.5, 0.6) is 0 Å². The summed E-state index contributed by atoms with van der Waals surface area (Å²) in [5.74, 6) is -0.675. The van der Waals surface area contributed by atoms with Crippen molar-refractivity contribution in [2.75, 3.05) is 0 Å². The third kappa shape index (κ3) is 2.52. The molecule has 3 aliphatic heterocycles. The van der Waals surface area contributed by atoms with Crippen LogP contribution in [-0.2, 0) is 5.91 Å². The smallest absolute Gasteiger partial charge is 0.206 e. The largest absolute Gasteiger partial charge is 0.552 e. The molecule has 0 saturated carbocycles. The fourth-order valence-corrected chi connectivity index (χ4v) is 5.73. The maximum atomic E-state index is 2.49. The van der Waals surface area contributed by atoms with E-state index in [0.717, 1.165) is 0 Å². The molecule has 0 radical (unpaired) electrons. The van der Waals surface area contributed by atoms with E-state index in [-0.39, 0.29) is 0 Å². The molecule has 4 heteroatoms. The molecule has 4 nitrogen and oxygen atoms in total. The number of nitrogens with zero attached hydrogens (tertiary/aromatic N) is 4. The van der Waals surface area contributed by atoms with Gasteiger partial charge in [0.15, 0.2) is 12.4 Å². The molecule has 33 heavy (non-hydrogen) atoms. The van der Waals surface area contributed by atoms with Gasteiger partial charge in [-0.15, -0.1) is 0 Å². The van der Waals surface area contributed by atoms with Gasteiger partial charge in [0, 0.05) is 47.8 Å². The number of hydrogen-bond acceptors (Lipinski definition) is 1. The molecule has 0 fully saturated rings. The van der Waals surface area contributed by atoms with Crippen molar-refractivity contribution >= 4 is 17.7 Å². The van der Waals surface area contributed by atoms with Crippen molar-refractivity contribution in [3.63, 3.8) is 0 Å². The Bertz CT molecular complexity index is 1480. The highest BCUT2D eigenvalue weighted by Crippen LogP contribution is 2.39. The molecule has 3 aliphatic rings. The molecular formula is C29H30N4+2. The van der Waals surface area contributed by atoms with Crippen LogP contribution in [0.25, 0.3) is 17.7 Å². The number of rotatable bonds is 0. The van der Waals surface area contributed by atoms with Gasteiger partial charge in [-0.25, -0.2) is 9.47 Å². The Morgan fingerprint density at radius 2 is 1.52 bits per heavy atom. The lowest BCUT2D eigenvalue weighted by molar-refractivity contribution is -1.02. The fourth-order valence-electron chi connectivity index (χ4n) is 5.73. The second kappa shape index (κ2) is 6.67. The molecule has 0 aliphatic carbocycles. The molecule has 1 spiro atoms. The molecule has 0 aromatic carbocycles. The van der Waals surface area contributed by atoms with E-state index in [1.165, 1.54) is 56.3 Å². The van der Waals surface area contributed by atoms with Crippen molar-refractivity contribution in [3.05, 3.63) is 112 Å². The SMILES string of the molecule is CC1=CC2=C(C)c3cc(C)cc[n+]3C3(N2C=C1)n1c(C)cc(C)c1C=Cc1cc(C)cc[n+]13. The van der Waals surface area contributed by atoms with Crippen molar-refractivity contribution < 1.29 is 9.13 Å². The lowest BCUT2D eigenvalue weighted by Gasteiger charge is -2.40. The molecule has 6 rings (SSSR count). The molecule has 0 bridgehead atoms. The maximum Gasteiger partial charge on any atom is 0.552 e. The maximum absolute atomic E-state index is 2.49. The summed E-state index contributed by atoms with van der Waals surface area (Å²) in [5, 5.41) is 0. The van der Waals surface area contributed by atoms with Crippen molar-refractivity contribution in [2.45, 2.75) is 47.5 Å². The van der Waals surface area contributed by atoms with E-state index in [4.69, 9.17) is 0 Å². The van der Waals surface area contributed by atoms with Crippen molar-refractivity contribution in [1.82, 2.24) is 9.47 Å². The Labute approximate surface area is 195 Å². The zero-order valence-electron chi connectivity index (χ0n) is 20.2. The molecular weight excluding hydrogens is 404 g/mol. The minimum absolute atomic E-state index is 0.675. The van der Waals surface area contributed by atoms with Crippen LogP contribution in [0.15, 0.2) is 72.3 Å². The minimum Gasteiger partial charge on any atom is -0.206 e. The third-order valence-corrected chi connectivity index (χ3v) is 7.23. The van der Waals surface area contributed by atoms with Crippen LogP contribution in [0, 0.1) is 27.7 Å². The van der Waals surface area contributed by atoms with E-state index >= 15 is 0 Å². The molecule has 3 aromatic heterocycles. The van der Waals surface area contributed by atoms with Gasteiger partial charge in [0.05, 0.1) is 11.4 Å². The summed E-state index contributed by atoms with van der Waals surface area (Å²) in [5.41, 5.74) is 12.4. The normalized spacial score (nSPS) is 20.3. The molecule has 164 valence electrons. The number of pyridine rings is 2. The Kier molecular flexibility index (Phi) is 4.04. The number of aryl methyl sites for hydroxylation is 4. The molecule has 6 heterocycles. The van der Waals surface area contributed by atoms with Gasteiger partial charge in [0.1, 0.15) is 0 Å². The summed E-state index contributed by atoms with van der Waals surface area (Å²) < 4.78 is 7.36. The van der Waals surface area contributed by atoms with Gasteiger partial charge in [-0.2, -0.15) is 0 Å². The molecule has 1 unspecified atom stereocenters. The van der Waals surface area contributed by atoms with Gasteiger partial charge in [0.25, 0.3) is 0 Å². The Morgan fingerprint density at radius 3 is 2.30 bits per heavy atom. The highest BCUT2D eigenvalue weighted by molar-refractivity contribution is 5.70. The van der Waals surface area contributed by atoms with Gasteiger partial charge in [-0.1, -0.05) is 9.13 Å². The first-order valence-electron chi connectivity index (χ1n) is 11.6. The lowest BCUT2D eigenvalue weighted by atomic mass is 9.99. The number of hydrogen-bond donors (Lipinski definition) is 0. The van der Waals surface area contributed by atoms with Crippen LogP contribution in [0.4, 0.5) is 0 Å². The molecule has 1 atom stereocenters. The van der Waals surface area contributed by atoms with E-state index in [1.54, 1.807) is 0 Å². The zero-order chi connectivity index (χ0) is 23.1. The summed E-state index contributed by atoms with van der Waals surface area (Å²) in [4.78, 5) is 2.44. The predicted molar refractivity (Wildman–Crippen MR) is 132 cm³/mol. The number of fused-ring (bicyclic) bond motifs is 8. The first kappa shape index (κ1) is 20.0. The Hall–Kier alpha value is -3.66. The van der Waals surface area contributed by atoms with Crippen LogP contribution in [-0.4, -0.2) is 9.47 Å². The van der Waals surface area contributed by atoms with Gasteiger partial charge in [-0.05, 0) is 88.1 Å². The summed E-state index contributed by atoms with van der Waals surface area (Å²) in [6.07, 6.45) is 15.8. The number of aromatic nitrogens is 3. The summed E-state index contributed by atoms with van der Waals surface area (Å²) in [7, 11) is 0. The van der Waals surface area contributed by atoms with Gasteiger partial charge < -0.3 is 0 Å². The second-order valence-corrected chi connectivity index (χ2v) is 9.67. The first-order chi connectivity index (χ1) is 15.8. The summed E-state index contributed by atoms with van der Waals surface area (Å²) in [6.45, 7) is 13.2. The highest BCUT2D eigenvalue weighted by Gasteiger charge is 2.64. The first-order valence-corrected chi connectivity index (χ1v) is 11.6. The van der Waals surface area contributed by atoms with E-state index in [0.29, 0.717) is 0 Å². The summed E-state index contributed by atoms with van der Waals surface area (Å²) in [6, 6.07) is 11.3. The second-order valence-electron chi connectivity index (χ2n) is 9.67. The van der Waals surface area contributed by atoms with E-state index in [1.807, 2.05) is 0 Å². The van der Waals surface area contributed by atoms with Crippen LogP contribution in [0.1, 0.15) is 53.3 Å². The van der Waals surface area contributed by atoms with Gasteiger partial charge in [-0.3, -0.25) is 0 Å². The third-order valence-electron chi connectivity index (χ3n) is 7.23. The van der Waals surface area contributed by atoms with Crippen LogP contribution in [0.2, 0.25) is 0 Å². The summed E-state index contributed by atoms with van der Waals surface area (Å²) >= 11 is 0. The van der Waals surface area contributed by atoms with E-state index in [9.17, 15) is 0 Å². The topological polar surface area (TPSA) is 15.9 Å². The van der Waals surface area contributed by atoms with Gasteiger partial charge >= 0.3 is 5.91 Å². The average molecular weight is 435 g/mol. The quantitative estimate of drug-likeness (QED) is 0.457. The molecule has 0 N–H and O–H groups in total. The van der Waals surface area contributed by atoms with Crippen molar-refractivity contribution in [3.8, 4) is 0 Å². The predicted octanol–water partition coefficient (Wildman–Crippen LogP) is 4.97. The van der Waals surface area contributed by atoms with Gasteiger partial charge in [0.2, 0.25) is 11.4 Å². The lowest BCUT2D eigenvalue weighted by Crippen LogP contribution is -2.85. The number of allylic oxidation sites excluding steroid dienone is 4. The molecule has 0 saturated heterocycles. The standard InChI is InChI=1S/C29H30N4/c1-19-9-12-30-25(15-19)7-8-26-22(4)18-23(5)33(26)29(30)31-13-10-20(2)16-27(31)24(6)28-17-21(3)11-14-32(28)29/h7-18H,1-6H3/q+2. The zero-order valence-corrected chi connectivity index (χ0v) is 20.2. The fraction of sp³-hybridized carbons (Fsp3) is 0.241. The average Bonchev–Trinajstić information content (AvgIpc) is 2.97. The molecule has 3 aromatic rings. The Balaban J connectivity index is 1.87. The van der Waals surface area contributed by atoms with Crippen LogP contribution >= 0.6 is 0 Å². The monoisotopic (exact) mass is 434 g/mol. The van der Waals surface area contributed by atoms with Crippen molar-refractivity contribution in [1.29, 1.82) is 0 Å².